The third kappa shape index (κ3) is 1.92. The van der Waals surface area contributed by atoms with E-state index in [0.717, 1.165) is 37.9 Å². The van der Waals surface area contributed by atoms with E-state index in [1.165, 1.54) is 9.78 Å². The van der Waals surface area contributed by atoms with Gasteiger partial charge in [-0.3, -0.25) is 9.69 Å². The monoisotopic (exact) mass is 306 g/mol. The number of nitrogens with zero attached hydrogens (tertiary/aromatic N) is 1. The maximum Gasteiger partial charge on any atom is 0.325 e. The quantitative estimate of drug-likeness (QED) is 0.850. The first-order valence-electron chi connectivity index (χ1n) is 7.53. The van der Waals surface area contributed by atoms with Crippen molar-refractivity contribution in [2.45, 2.75) is 43.7 Å². The van der Waals surface area contributed by atoms with Crippen molar-refractivity contribution in [3.63, 3.8) is 0 Å². The van der Waals surface area contributed by atoms with Crippen molar-refractivity contribution in [1.29, 1.82) is 0 Å². The molecule has 1 aromatic rings. The van der Waals surface area contributed by atoms with Gasteiger partial charge in [-0.05, 0) is 43.6 Å². The second-order valence-corrected chi connectivity index (χ2v) is 7.00. The predicted octanol–water partition coefficient (Wildman–Crippen LogP) is 2.01. The minimum absolute atomic E-state index is 0.000357. The standard InChI is InChI=1S/C15H18N2O3S/c18-13-15(6-1-4-12-11(15)5-8-21-12)16-14(19)17(13)9-10-3-2-7-20-10/h5,8,10H,1-4,6-7,9H2,(H,16,19)/t10-,15-/m0/s1. The Morgan fingerprint density at radius 2 is 2.33 bits per heavy atom. The fourth-order valence-electron chi connectivity index (χ4n) is 3.70. The van der Waals surface area contributed by atoms with Crippen molar-refractivity contribution >= 4 is 23.3 Å². The van der Waals surface area contributed by atoms with Crippen LogP contribution in [0.4, 0.5) is 4.79 Å². The minimum Gasteiger partial charge on any atom is -0.376 e. The Morgan fingerprint density at radius 3 is 3.14 bits per heavy atom. The zero-order valence-electron chi connectivity index (χ0n) is 11.8. The molecular formula is C15H18N2O3S. The van der Waals surface area contributed by atoms with Gasteiger partial charge in [0.15, 0.2) is 0 Å². The van der Waals surface area contributed by atoms with Crippen LogP contribution in [-0.2, 0) is 21.5 Å². The first kappa shape index (κ1) is 13.3. The van der Waals surface area contributed by atoms with Crippen LogP contribution >= 0.6 is 11.3 Å². The Hall–Kier alpha value is -1.40. The summed E-state index contributed by atoms with van der Waals surface area (Å²) in [4.78, 5) is 27.8. The van der Waals surface area contributed by atoms with E-state index in [1.54, 1.807) is 11.3 Å². The van der Waals surface area contributed by atoms with Crippen LogP contribution in [0, 0.1) is 0 Å². The van der Waals surface area contributed by atoms with Gasteiger partial charge in [0.2, 0.25) is 0 Å². The van der Waals surface area contributed by atoms with Crippen LogP contribution in [0.5, 0.6) is 0 Å². The number of carbonyl (C=O) groups excluding carboxylic acids is 2. The number of thiophene rings is 1. The highest BCUT2D eigenvalue weighted by Crippen LogP contribution is 2.42. The lowest BCUT2D eigenvalue weighted by molar-refractivity contribution is -0.133. The average Bonchev–Trinajstić information content (AvgIpc) is 3.18. The van der Waals surface area contributed by atoms with Crippen LogP contribution in [0.25, 0.3) is 0 Å². The third-order valence-corrected chi connectivity index (χ3v) is 5.73. The molecule has 4 rings (SSSR count). The van der Waals surface area contributed by atoms with E-state index in [-0.39, 0.29) is 18.0 Å². The van der Waals surface area contributed by atoms with Crippen molar-refractivity contribution in [3.8, 4) is 0 Å². The number of ether oxygens (including phenoxy) is 1. The largest absolute Gasteiger partial charge is 0.376 e. The lowest BCUT2D eigenvalue weighted by Gasteiger charge is -2.31. The molecule has 0 aromatic carbocycles. The molecule has 0 saturated carbocycles. The highest BCUT2D eigenvalue weighted by atomic mass is 32.1. The van der Waals surface area contributed by atoms with Crippen molar-refractivity contribution in [1.82, 2.24) is 10.2 Å². The molecule has 1 N–H and O–H groups in total. The Labute approximate surface area is 127 Å². The molecule has 2 saturated heterocycles. The van der Waals surface area contributed by atoms with Crippen LogP contribution in [0.1, 0.15) is 36.1 Å². The molecule has 3 amide bonds. The molecule has 0 radical (unpaired) electrons. The van der Waals surface area contributed by atoms with Gasteiger partial charge in [0.25, 0.3) is 5.91 Å². The Balaban J connectivity index is 1.64. The predicted molar refractivity (Wildman–Crippen MR) is 78.2 cm³/mol. The molecule has 0 unspecified atom stereocenters. The number of imide groups is 1. The van der Waals surface area contributed by atoms with Gasteiger partial charge < -0.3 is 10.1 Å². The van der Waals surface area contributed by atoms with Gasteiger partial charge in [-0.1, -0.05) is 0 Å². The van der Waals surface area contributed by atoms with Crippen molar-refractivity contribution in [2.24, 2.45) is 0 Å². The van der Waals surface area contributed by atoms with Gasteiger partial charge in [0.1, 0.15) is 5.54 Å². The van der Waals surface area contributed by atoms with E-state index in [2.05, 4.69) is 5.32 Å². The summed E-state index contributed by atoms with van der Waals surface area (Å²) in [5, 5.41) is 4.99. The summed E-state index contributed by atoms with van der Waals surface area (Å²) in [5.74, 6) is -0.0950. The lowest BCUT2D eigenvalue weighted by atomic mass is 9.80. The summed E-state index contributed by atoms with van der Waals surface area (Å²) in [6.45, 7) is 1.11. The lowest BCUT2D eigenvalue weighted by Crippen LogP contribution is -2.46. The number of fused-ring (bicyclic) bond motifs is 2. The molecule has 6 heteroatoms. The van der Waals surface area contributed by atoms with Gasteiger partial charge in [-0.15, -0.1) is 11.3 Å². The van der Waals surface area contributed by atoms with E-state index in [0.29, 0.717) is 13.0 Å². The van der Waals surface area contributed by atoms with Gasteiger partial charge in [0, 0.05) is 17.0 Å². The molecule has 0 bridgehead atoms. The van der Waals surface area contributed by atoms with Crippen molar-refractivity contribution in [3.05, 3.63) is 21.9 Å². The zero-order valence-corrected chi connectivity index (χ0v) is 12.6. The Kier molecular flexibility index (Phi) is 3.04. The highest BCUT2D eigenvalue weighted by molar-refractivity contribution is 7.10. The van der Waals surface area contributed by atoms with E-state index in [1.807, 2.05) is 11.4 Å². The first-order chi connectivity index (χ1) is 10.2. The molecule has 1 spiro atoms. The van der Waals surface area contributed by atoms with E-state index >= 15 is 0 Å². The summed E-state index contributed by atoms with van der Waals surface area (Å²) < 4.78 is 5.57. The second kappa shape index (κ2) is 4.81. The van der Waals surface area contributed by atoms with Crippen LogP contribution in [-0.4, -0.2) is 36.1 Å². The maximum atomic E-state index is 12.9. The smallest absolute Gasteiger partial charge is 0.325 e. The van der Waals surface area contributed by atoms with Gasteiger partial charge >= 0.3 is 6.03 Å². The number of aryl methyl sites for hydroxylation is 1. The number of hydrogen-bond donors (Lipinski definition) is 1. The number of carbonyl (C=O) groups is 2. The fraction of sp³-hybridized carbons (Fsp3) is 0.600. The van der Waals surface area contributed by atoms with Crippen molar-refractivity contribution in [2.75, 3.05) is 13.2 Å². The molecule has 2 aliphatic heterocycles. The summed E-state index contributed by atoms with van der Waals surface area (Å²) in [6, 6.07) is 1.72. The van der Waals surface area contributed by atoms with Crippen LogP contribution in [0.15, 0.2) is 11.4 Å². The van der Waals surface area contributed by atoms with Crippen LogP contribution in [0.3, 0.4) is 0 Å². The summed E-state index contributed by atoms with van der Waals surface area (Å²) in [6.07, 6.45) is 4.57. The second-order valence-electron chi connectivity index (χ2n) is 6.00. The van der Waals surface area contributed by atoms with E-state index < -0.39 is 5.54 Å². The van der Waals surface area contributed by atoms with E-state index in [9.17, 15) is 9.59 Å². The fourth-order valence-corrected chi connectivity index (χ4v) is 4.70. The highest BCUT2D eigenvalue weighted by Gasteiger charge is 2.54. The number of hydrogen-bond acceptors (Lipinski definition) is 4. The topological polar surface area (TPSA) is 58.6 Å². The van der Waals surface area contributed by atoms with Gasteiger partial charge in [0.05, 0.1) is 12.6 Å². The first-order valence-corrected chi connectivity index (χ1v) is 8.41. The molecule has 5 nitrogen and oxygen atoms in total. The third-order valence-electron chi connectivity index (χ3n) is 4.75. The average molecular weight is 306 g/mol. The number of amides is 3. The summed E-state index contributed by atoms with van der Waals surface area (Å²) in [7, 11) is 0. The number of urea groups is 1. The minimum atomic E-state index is -0.816. The summed E-state index contributed by atoms with van der Waals surface area (Å²) >= 11 is 1.68. The number of nitrogens with one attached hydrogen (secondary N) is 1. The van der Waals surface area contributed by atoms with Crippen LogP contribution < -0.4 is 5.32 Å². The molecule has 3 heterocycles. The molecular weight excluding hydrogens is 288 g/mol. The molecule has 3 aliphatic rings. The Morgan fingerprint density at radius 1 is 1.43 bits per heavy atom. The van der Waals surface area contributed by atoms with Gasteiger partial charge in [-0.25, -0.2) is 4.79 Å². The molecule has 21 heavy (non-hydrogen) atoms. The molecule has 1 aromatic heterocycles. The normalized spacial score (nSPS) is 31.8. The Bertz CT molecular complexity index is 593. The SMILES string of the molecule is O=C1N[C@]2(CCCc3sccc32)C(=O)N1C[C@@H]1CCCO1. The van der Waals surface area contributed by atoms with Gasteiger partial charge in [-0.2, -0.15) is 0 Å². The number of rotatable bonds is 2. The maximum absolute atomic E-state index is 12.9. The molecule has 1 aliphatic carbocycles. The molecule has 2 fully saturated rings. The molecule has 2 atom stereocenters. The zero-order chi connectivity index (χ0) is 14.4. The molecule has 112 valence electrons. The van der Waals surface area contributed by atoms with Crippen molar-refractivity contribution < 1.29 is 14.3 Å². The van der Waals surface area contributed by atoms with E-state index in [4.69, 9.17) is 4.74 Å². The van der Waals surface area contributed by atoms with Crippen LogP contribution in [0.2, 0.25) is 0 Å². The summed E-state index contributed by atoms with van der Waals surface area (Å²) in [5.41, 5.74) is 0.190.